The van der Waals surface area contributed by atoms with Gasteiger partial charge in [-0.3, -0.25) is 9.41 Å². The highest BCUT2D eigenvalue weighted by molar-refractivity contribution is 7.54. The lowest BCUT2D eigenvalue weighted by molar-refractivity contribution is 0.215. The molecule has 0 aliphatic rings. The van der Waals surface area contributed by atoms with E-state index in [0.717, 1.165) is 0 Å². The zero-order valence-corrected chi connectivity index (χ0v) is 9.50. The van der Waals surface area contributed by atoms with Gasteiger partial charge in [-0.1, -0.05) is 6.08 Å². The maximum atomic E-state index is 12.0. The minimum absolute atomic E-state index is 0.278. The Hall–Kier alpha value is -0.620. The van der Waals surface area contributed by atoms with Gasteiger partial charge in [0, 0.05) is 0 Å². The first-order chi connectivity index (χ1) is 6.64. The van der Waals surface area contributed by atoms with Gasteiger partial charge in [-0.05, 0) is 13.8 Å². The highest BCUT2D eigenvalue weighted by atomic mass is 31.2. The van der Waals surface area contributed by atoms with Crippen molar-refractivity contribution in [2.75, 3.05) is 13.2 Å². The van der Waals surface area contributed by atoms with Gasteiger partial charge >= 0.3 is 13.4 Å². The summed E-state index contributed by atoms with van der Waals surface area (Å²) in [5.41, 5.74) is 0. The molecule has 80 valence electrons. The zero-order valence-electron chi connectivity index (χ0n) is 8.60. The Labute approximate surface area is 85.3 Å². The molecule has 0 saturated heterocycles. The predicted molar refractivity (Wildman–Crippen MR) is 56.1 cm³/mol. The highest BCUT2D eigenvalue weighted by Gasteiger charge is 2.40. The van der Waals surface area contributed by atoms with Crippen LogP contribution >= 0.6 is 7.60 Å². The maximum Gasteiger partial charge on any atom is 0.412 e. The molecular formula is C9H16NO3P. The number of rotatable bonds is 7. The van der Waals surface area contributed by atoms with E-state index in [4.69, 9.17) is 15.6 Å². The van der Waals surface area contributed by atoms with Crippen molar-refractivity contribution in [2.24, 2.45) is 0 Å². The standard InChI is InChI=1S/C9H16NO3P/c1-5-8-9(10-4)14(11,12-6-2)13-7-3/h5,9H,1,6-8H2,2-3H3. The topological polar surface area (TPSA) is 39.9 Å². The molecule has 0 aromatic rings. The van der Waals surface area contributed by atoms with Gasteiger partial charge in [0.2, 0.25) is 0 Å². The van der Waals surface area contributed by atoms with E-state index in [9.17, 15) is 4.57 Å². The van der Waals surface area contributed by atoms with E-state index in [1.165, 1.54) is 0 Å². The van der Waals surface area contributed by atoms with Crippen molar-refractivity contribution in [3.05, 3.63) is 24.1 Å². The fraction of sp³-hybridized carbons (Fsp3) is 0.667. The predicted octanol–water partition coefficient (Wildman–Crippen LogP) is 3.07. The molecule has 0 N–H and O–H groups in total. The third-order valence-corrected chi connectivity index (χ3v) is 3.80. The Kier molecular flexibility index (Phi) is 6.48. The Morgan fingerprint density at radius 3 is 2.29 bits per heavy atom. The molecular weight excluding hydrogens is 201 g/mol. The van der Waals surface area contributed by atoms with Crippen LogP contribution in [-0.4, -0.2) is 19.0 Å². The third kappa shape index (κ3) is 3.63. The summed E-state index contributed by atoms with van der Waals surface area (Å²) < 4.78 is 22.1. The van der Waals surface area contributed by atoms with E-state index < -0.39 is 13.4 Å². The average molecular weight is 217 g/mol. The number of nitrogens with zero attached hydrogens (tertiary/aromatic N) is 1. The lowest BCUT2D eigenvalue weighted by Crippen LogP contribution is -2.08. The molecule has 0 heterocycles. The Morgan fingerprint density at radius 1 is 1.50 bits per heavy atom. The minimum atomic E-state index is -3.27. The summed E-state index contributed by atoms with van der Waals surface area (Å²) in [5.74, 6) is -0.764. The van der Waals surface area contributed by atoms with Crippen LogP contribution in [-0.2, 0) is 13.6 Å². The second-order valence-corrected chi connectivity index (χ2v) is 4.70. The quantitative estimate of drug-likeness (QED) is 0.373. The zero-order chi connectivity index (χ0) is 11.0. The van der Waals surface area contributed by atoms with Crippen LogP contribution in [0.15, 0.2) is 12.7 Å². The summed E-state index contributed by atoms with van der Waals surface area (Å²) in [6.07, 6.45) is 1.87. The molecule has 0 saturated carbocycles. The molecule has 0 aromatic heterocycles. The van der Waals surface area contributed by atoms with Gasteiger partial charge in [-0.15, -0.1) is 6.58 Å². The van der Waals surface area contributed by atoms with Crippen molar-refractivity contribution in [1.82, 2.24) is 0 Å². The van der Waals surface area contributed by atoms with E-state index in [1.54, 1.807) is 19.9 Å². The fourth-order valence-electron chi connectivity index (χ4n) is 0.971. The van der Waals surface area contributed by atoms with Gasteiger partial charge in [-0.25, -0.2) is 6.57 Å². The highest BCUT2D eigenvalue weighted by Crippen LogP contribution is 2.54. The molecule has 0 bridgehead atoms. The average Bonchev–Trinajstić information content (AvgIpc) is 2.14. The van der Waals surface area contributed by atoms with Gasteiger partial charge in [0.1, 0.15) is 0 Å². The Morgan fingerprint density at radius 2 is 2.00 bits per heavy atom. The normalized spacial score (nSPS) is 13.2. The molecule has 1 unspecified atom stereocenters. The minimum Gasteiger partial charge on any atom is -0.303 e. The SMILES string of the molecule is [C-]#[N+]C(CC=C)P(=O)(OCC)OCC. The molecule has 1 atom stereocenters. The van der Waals surface area contributed by atoms with Crippen molar-refractivity contribution in [2.45, 2.75) is 26.1 Å². The largest absolute Gasteiger partial charge is 0.412 e. The van der Waals surface area contributed by atoms with Crippen LogP contribution in [0.4, 0.5) is 0 Å². The summed E-state index contributed by atoms with van der Waals surface area (Å²) >= 11 is 0. The van der Waals surface area contributed by atoms with Crippen molar-refractivity contribution < 1.29 is 13.6 Å². The van der Waals surface area contributed by atoms with Crippen LogP contribution in [0.1, 0.15) is 20.3 Å². The van der Waals surface area contributed by atoms with Gasteiger partial charge in [0.25, 0.3) is 0 Å². The third-order valence-electron chi connectivity index (χ3n) is 1.51. The summed E-state index contributed by atoms with van der Waals surface area (Å²) in [6.45, 7) is 14.4. The lowest BCUT2D eigenvalue weighted by atomic mass is 10.4. The molecule has 0 amide bonds. The summed E-state index contributed by atoms with van der Waals surface area (Å²) in [7, 11) is -3.27. The van der Waals surface area contributed by atoms with Gasteiger partial charge < -0.3 is 9.05 Å². The summed E-state index contributed by atoms with van der Waals surface area (Å²) in [5, 5.41) is 0. The van der Waals surface area contributed by atoms with Crippen LogP contribution < -0.4 is 0 Å². The van der Waals surface area contributed by atoms with Crippen LogP contribution in [0.2, 0.25) is 0 Å². The molecule has 0 spiro atoms. The molecule has 0 rings (SSSR count). The van der Waals surface area contributed by atoms with Crippen LogP contribution in [0.5, 0.6) is 0 Å². The van der Waals surface area contributed by atoms with Crippen molar-refractivity contribution in [3.8, 4) is 0 Å². The molecule has 0 aliphatic carbocycles. The molecule has 5 heteroatoms. The van der Waals surface area contributed by atoms with Crippen molar-refractivity contribution >= 4 is 7.60 Å². The molecule has 4 nitrogen and oxygen atoms in total. The summed E-state index contributed by atoms with van der Waals surface area (Å²) in [4.78, 5) is 3.25. The molecule has 14 heavy (non-hydrogen) atoms. The summed E-state index contributed by atoms with van der Waals surface area (Å²) in [6, 6.07) is 0. The Balaban J connectivity index is 4.68. The lowest BCUT2D eigenvalue weighted by Gasteiger charge is -2.16. The van der Waals surface area contributed by atoms with Crippen LogP contribution in [0.25, 0.3) is 4.85 Å². The molecule has 0 aliphatic heterocycles. The van der Waals surface area contributed by atoms with Crippen LogP contribution in [0.3, 0.4) is 0 Å². The van der Waals surface area contributed by atoms with E-state index in [-0.39, 0.29) is 13.2 Å². The van der Waals surface area contributed by atoms with E-state index in [1.807, 2.05) is 0 Å². The first kappa shape index (κ1) is 13.4. The van der Waals surface area contributed by atoms with Gasteiger partial charge in [0.15, 0.2) is 0 Å². The van der Waals surface area contributed by atoms with Crippen molar-refractivity contribution in [1.29, 1.82) is 0 Å². The first-order valence-electron chi connectivity index (χ1n) is 4.50. The Bertz CT molecular complexity index is 249. The first-order valence-corrected chi connectivity index (χ1v) is 6.12. The van der Waals surface area contributed by atoms with E-state index in [0.29, 0.717) is 6.42 Å². The molecule has 0 radical (unpaired) electrons. The molecule has 0 fully saturated rings. The molecule has 0 aromatic carbocycles. The second-order valence-electron chi connectivity index (χ2n) is 2.51. The monoisotopic (exact) mass is 217 g/mol. The maximum absolute atomic E-state index is 12.0. The smallest absolute Gasteiger partial charge is 0.303 e. The van der Waals surface area contributed by atoms with E-state index in [2.05, 4.69) is 11.4 Å². The fourth-order valence-corrected chi connectivity index (χ4v) is 2.66. The van der Waals surface area contributed by atoms with Gasteiger partial charge in [0.05, 0.1) is 19.6 Å². The van der Waals surface area contributed by atoms with Crippen molar-refractivity contribution in [3.63, 3.8) is 0 Å². The van der Waals surface area contributed by atoms with Crippen LogP contribution in [0, 0.1) is 6.57 Å². The second kappa shape index (κ2) is 6.78. The number of hydrogen-bond acceptors (Lipinski definition) is 3. The van der Waals surface area contributed by atoms with Gasteiger partial charge in [-0.2, -0.15) is 0 Å². The van der Waals surface area contributed by atoms with E-state index >= 15 is 0 Å². The number of hydrogen-bond donors (Lipinski definition) is 0.